The zero-order chi connectivity index (χ0) is 11.0. The molecule has 0 aliphatic rings. The average molecular weight is 202 g/mol. The van der Waals surface area contributed by atoms with E-state index >= 15 is 0 Å². The Bertz CT molecular complexity index is 234. The Morgan fingerprint density at radius 2 is 2.07 bits per heavy atom. The number of ether oxygens (including phenoxy) is 3. The standard InChI is InChI=1S/C8H10O6/c1-3-6(5-13-7(9)10)14-8(11)12-4-2/h3-4,6H,1-2,5H2,(H,9,10). The first-order valence-corrected chi connectivity index (χ1v) is 3.56. The fourth-order valence-electron chi connectivity index (χ4n) is 0.523. The second kappa shape index (κ2) is 6.53. The van der Waals surface area contributed by atoms with Crippen molar-refractivity contribution in [3.63, 3.8) is 0 Å². The molecule has 0 rings (SSSR count). The van der Waals surface area contributed by atoms with Crippen molar-refractivity contribution < 1.29 is 28.9 Å². The van der Waals surface area contributed by atoms with Crippen LogP contribution in [0, 0.1) is 0 Å². The van der Waals surface area contributed by atoms with Crippen LogP contribution in [0.15, 0.2) is 25.5 Å². The first-order valence-electron chi connectivity index (χ1n) is 3.56. The summed E-state index contributed by atoms with van der Waals surface area (Å²) in [6.45, 7) is 6.13. The van der Waals surface area contributed by atoms with Crippen LogP contribution in [-0.4, -0.2) is 30.1 Å². The SMILES string of the molecule is C=COC(=O)OC(C=C)COC(=O)O. The van der Waals surface area contributed by atoms with Gasteiger partial charge in [0.05, 0.1) is 6.26 Å². The van der Waals surface area contributed by atoms with Gasteiger partial charge in [-0.15, -0.1) is 0 Å². The minimum atomic E-state index is -1.46. The fourth-order valence-corrected chi connectivity index (χ4v) is 0.523. The third kappa shape index (κ3) is 5.64. The van der Waals surface area contributed by atoms with Crippen molar-refractivity contribution in [1.82, 2.24) is 0 Å². The van der Waals surface area contributed by atoms with Gasteiger partial charge in [0.25, 0.3) is 0 Å². The maximum absolute atomic E-state index is 10.7. The molecule has 1 atom stereocenters. The maximum atomic E-state index is 10.7. The molecule has 0 bridgehead atoms. The number of carboxylic acid groups (broad SMARTS) is 1. The molecular formula is C8H10O6. The van der Waals surface area contributed by atoms with Gasteiger partial charge in [-0.2, -0.15) is 0 Å². The molecule has 0 aromatic heterocycles. The monoisotopic (exact) mass is 202 g/mol. The normalized spacial score (nSPS) is 10.9. The van der Waals surface area contributed by atoms with Crippen molar-refractivity contribution in [2.75, 3.05) is 6.61 Å². The van der Waals surface area contributed by atoms with Gasteiger partial charge in [-0.25, -0.2) is 9.59 Å². The summed E-state index contributed by atoms with van der Waals surface area (Å²) >= 11 is 0. The summed E-state index contributed by atoms with van der Waals surface area (Å²) in [6, 6.07) is 0. The summed E-state index contributed by atoms with van der Waals surface area (Å²) in [7, 11) is 0. The lowest BCUT2D eigenvalue weighted by Gasteiger charge is -2.11. The molecule has 1 unspecified atom stereocenters. The molecular weight excluding hydrogens is 192 g/mol. The van der Waals surface area contributed by atoms with Crippen LogP contribution < -0.4 is 0 Å². The highest BCUT2D eigenvalue weighted by molar-refractivity contribution is 5.61. The smallest absolute Gasteiger partial charge is 0.450 e. The van der Waals surface area contributed by atoms with Crippen LogP contribution in [0.4, 0.5) is 9.59 Å². The Labute approximate surface area is 80.4 Å². The first-order chi connectivity index (χ1) is 6.60. The summed E-state index contributed by atoms with van der Waals surface area (Å²) < 4.78 is 12.9. The van der Waals surface area contributed by atoms with E-state index in [1.54, 1.807) is 0 Å². The van der Waals surface area contributed by atoms with E-state index in [4.69, 9.17) is 5.11 Å². The molecule has 0 spiro atoms. The summed E-state index contributed by atoms with van der Waals surface area (Å²) in [5.41, 5.74) is 0. The van der Waals surface area contributed by atoms with E-state index in [9.17, 15) is 9.59 Å². The highest BCUT2D eigenvalue weighted by atomic mass is 16.7. The average Bonchev–Trinajstić information content (AvgIpc) is 2.12. The van der Waals surface area contributed by atoms with Gasteiger partial charge >= 0.3 is 12.3 Å². The molecule has 0 saturated heterocycles. The predicted octanol–water partition coefficient (Wildman–Crippen LogP) is 1.53. The lowest BCUT2D eigenvalue weighted by Crippen LogP contribution is -2.22. The Morgan fingerprint density at radius 3 is 2.50 bits per heavy atom. The van der Waals surface area contributed by atoms with E-state index in [1.165, 1.54) is 6.08 Å². The van der Waals surface area contributed by atoms with Gasteiger partial charge in [-0.05, 0) is 6.08 Å². The molecule has 6 heteroatoms. The zero-order valence-electron chi connectivity index (χ0n) is 7.34. The van der Waals surface area contributed by atoms with Gasteiger partial charge in [0.1, 0.15) is 6.61 Å². The Hall–Kier alpha value is -1.98. The molecule has 0 fully saturated rings. The Balaban J connectivity index is 3.89. The highest BCUT2D eigenvalue weighted by Gasteiger charge is 2.13. The summed E-state index contributed by atoms with van der Waals surface area (Å²) in [5.74, 6) is 0. The minimum absolute atomic E-state index is 0.328. The molecule has 0 aliphatic carbocycles. The number of hydrogen-bond donors (Lipinski definition) is 1. The van der Waals surface area contributed by atoms with E-state index in [0.29, 0.717) is 0 Å². The van der Waals surface area contributed by atoms with Crippen LogP contribution in [0.25, 0.3) is 0 Å². The van der Waals surface area contributed by atoms with E-state index in [1.807, 2.05) is 0 Å². The molecule has 6 nitrogen and oxygen atoms in total. The van der Waals surface area contributed by atoms with Crippen molar-refractivity contribution in [3.05, 3.63) is 25.5 Å². The van der Waals surface area contributed by atoms with Gasteiger partial charge in [-0.3, -0.25) is 0 Å². The quantitative estimate of drug-likeness (QED) is 0.413. The molecule has 0 amide bonds. The van der Waals surface area contributed by atoms with Crippen LogP contribution in [0.5, 0.6) is 0 Å². The fraction of sp³-hybridized carbons (Fsp3) is 0.250. The lowest BCUT2D eigenvalue weighted by molar-refractivity contribution is 0.0201. The summed E-state index contributed by atoms with van der Waals surface area (Å²) in [5, 5.41) is 8.15. The van der Waals surface area contributed by atoms with Crippen molar-refractivity contribution in [1.29, 1.82) is 0 Å². The van der Waals surface area contributed by atoms with Crippen molar-refractivity contribution in [2.45, 2.75) is 6.10 Å². The van der Waals surface area contributed by atoms with E-state index in [0.717, 1.165) is 6.26 Å². The predicted molar refractivity (Wildman–Crippen MR) is 45.7 cm³/mol. The number of carbonyl (C=O) groups excluding carboxylic acids is 1. The third-order valence-electron chi connectivity index (χ3n) is 1.06. The Kier molecular flexibility index (Phi) is 5.60. The maximum Gasteiger partial charge on any atom is 0.513 e. The van der Waals surface area contributed by atoms with Crippen LogP contribution in [0.3, 0.4) is 0 Å². The first kappa shape index (κ1) is 12.0. The number of carbonyl (C=O) groups is 2. The number of rotatable bonds is 5. The molecule has 0 aromatic carbocycles. The molecule has 0 heterocycles. The van der Waals surface area contributed by atoms with Crippen molar-refractivity contribution in [2.24, 2.45) is 0 Å². The number of hydrogen-bond acceptors (Lipinski definition) is 5. The zero-order valence-corrected chi connectivity index (χ0v) is 7.34. The van der Waals surface area contributed by atoms with E-state index in [-0.39, 0.29) is 6.61 Å². The van der Waals surface area contributed by atoms with Crippen molar-refractivity contribution in [3.8, 4) is 0 Å². The van der Waals surface area contributed by atoms with E-state index in [2.05, 4.69) is 27.4 Å². The summed E-state index contributed by atoms with van der Waals surface area (Å²) in [6.07, 6.45) is -1.23. The Morgan fingerprint density at radius 1 is 1.43 bits per heavy atom. The van der Waals surface area contributed by atoms with Crippen LogP contribution in [0.2, 0.25) is 0 Å². The van der Waals surface area contributed by atoms with Crippen LogP contribution >= 0.6 is 0 Å². The van der Waals surface area contributed by atoms with Gasteiger partial charge in [-0.1, -0.05) is 13.2 Å². The molecule has 0 radical (unpaired) electrons. The van der Waals surface area contributed by atoms with Crippen LogP contribution in [0.1, 0.15) is 0 Å². The molecule has 1 N–H and O–H groups in total. The van der Waals surface area contributed by atoms with E-state index < -0.39 is 18.4 Å². The molecule has 78 valence electrons. The third-order valence-corrected chi connectivity index (χ3v) is 1.06. The largest absolute Gasteiger partial charge is 0.513 e. The molecule has 14 heavy (non-hydrogen) atoms. The van der Waals surface area contributed by atoms with Gasteiger partial charge in [0.15, 0.2) is 6.10 Å². The second-order valence-electron chi connectivity index (χ2n) is 2.00. The van der Waals surface area contributed by atoms with Gasteiger partial charge in [0, 0.05) is 0 Å². The van der Waals surface area contributed by atoms with Crippen LogP contribution in [-0.2, 0) is 14.2 Å². The molecule has 0 aromatic rings. The lowest BCUT2D eigenvalue weighted by atomic mass is 10.4. The van der Waals surface area contributed by atoms with Crippen molar-refractivity contribution >= 4 is 12.3 Å². The van der Waals surface area contributed by atoms with Gasteiger partial charge < -0.3 is 19.3 Å². The van der Waals surface area contributed by atoms with Gasteiger partial charge in [0.2, 0.25) is 0 Å². The molecule has 0 saturated carbocycles. The molecule has 0 aliphatic heterocycles. The second-order valence-corrected chi connectivity index (χ2v) is 2.00. The highest BCUT2D eigenvalue weighted by Crippen LogP contribution is 1.98. The minimum Gasteiger partial charge on any atom is -0.450 e. The summed E-state index contributed by atoms with van der Waals surface area (Å²) in [4.78, 5) is 20.7. The topological polar surface area (TPSA) is 82.1 Å².